The molecule has 176 valence electrons. The minimum atomic E-state index is -2.66. The van der Waals surface area contributed by atoms with Crippen molar-refractivity contribution in [3.8, 4) is 0 Å². The highest BCUT2D eigenvalue weighted by Gasteiger charge is 2.43. The molecule has 2 heterocycles. The Hall–Kier alpha value is -0.200. The predicted molar refractivity (Wildman–Crippen MR) is 132 cm³/mol. The maximum Gasteiger partial charge on any atom is 0.251 e. The molecular weight excluding hydrogens is 415 g/mol. The van der Waals surface area contributed by atoms with Crippen LogP contribution in [0, 0.1) is 10.8 Å². The lowest BCUT2D eigenvalue weighted by molar-refractivity contribution is -0.121. The van der Waals surface area contributed by atoms with Crippen LogP contribution in [-0.2, 0) is 21.1 Å². The summed E-state index contributed by atoms with van der Waals surface area (Å²) >= 11 is 6.30. The van der Waals surface area contributed by atoms with E-state index in [9.17, 15) is 0 Å². The first kappa shape index (κ1) is 26.1. The van der Waals surface area contributed by atoms with Gasteiger partial charge >= 0.3 is 0 Å². The Bertz CT molecular complexity index is 666. The summed E-state index contributed by atoms with van der Waals surface area (Å²) in [5.41, 5.74) is -0.170. The Morgan fingerprint density at radius 1 is 1.00 bits per heavy atom. The average Bonchev–Trinajstić information content (AvgIpc) is 2.82. The van der Waals surface area contributed by atoms with Gasteiger partial charge < -0.3 is 19.1 Å². The molecule has 0 N–H and O–H groups in total. The summed E-state index contributed by atoms with van der Waals surface area (Å²) in [5, 5.41) is 0. The van der Waals surface area contributed by atoms with Crippen molar-refractivity contribution in [2.45, 2.75) is 86.5 Å². The lowest BCUT2D eigenvalue weighted by atomic mass is 9.85. The lowest BCUT2D eigenvalue weighted by Gasteiger charge is -2.47. The minimum Gasteiger partial charge on any atom is -0.372 e. The molecule has 2 aliphatic heterocycles. The van der Waals surface area contributed by atoms with E-state index in [4.69, 9.17) is 25.8 Å². The van der Waals surface area contributed by atoms with E-state index in [1.165, 1.54) is 0 Å². The van der Waals surface area contributed by atoms with Crippen molar-refractivity contribution in [1.29, 1.82) is 0 Å². The standard InChI is InChI=1S/C22H45N4O2PS/c1-20(2,3)14-17-15-26(16-18(27-17)21(4,5)6)29(30,28-22(7,8)9)23-19-24(10)12-13-25(19)11/h17-18H,12-16H2,1-11H3/t17-,18-,29?/m1/s1. The van der Waals surface area contributed by atoms with E-state index < -0.39 is 6.57 Å². The Labute approximate surface area is 190 Å². The number of morpholine rings is 1. The summed E-state index contributed by atoms with van der Waals surface area (Å²) in [5.74, 6) is 0.939. The maximum atomic E-state index is 6.62. The molecule has 1 unspecified atom stereocenters. The Morgan fingerprint density at radius 3 is 1.97 bits per heavy atom. The van der Waals surface area contributed by atoms with E-state index in [1.807, 2.05) is 0 Å². The summed E-state index contributed by atoms with van der Waals surface area (Å²) in [6, 6.07) is 0. The second kappa shape index (κ2) is 8.97. The third-order valence-corrected chi connectivity index (χ3v) is 8.79. The molecule has 6 nitrogen and oxygen atoms in total. The monoisotopic (exact) mass is 460 g/mol. The van der Waals surface area contributed by atoms with Crippen molar-refractivity contribution in [2.75, 3.05) is 40.3 Å². The highest BCUT2D eigenvalue weighted by atomic mass is 32.4. The van der Waals surface area contributed by atoms with E-state index in [0.29, 0.717) is 0 Å². The van der Waals surface area contributed by atoms with Crippen molar-refractivity contribution in [1.82, 2.24) is 14.5 Å². The Kier molecular flexibility index (Phi) is 7.79. The number of rotatable bonds is 4. The molecule has 0 aromatic heterocycles. The molecule has 2 fully saturated rings. The van der Waals surface area contributed by atoms with Gasteiger partial charge in [0.15, 0.2) is 0 Å². The number of nitrogens with zero attached hydrogens (tertiary/aromatic N) is 4. The van der Waals surface area contributed by atoms with Crippen LogP contribution in [0.4, 0.5) is 0 Å². The molecule has 2 saturated heterocycles. The molecule has 30 heavy (non-hydrogen) atoms. The molecular formula is C22H45N4O2PS. The molecule has 0 aromatic carbocycles. The van der Waals surface area contributed by atoms with Crippen molar-refractivity contribution in [2.24, 2.45) is 15.6 Å². The fourth-order valence-corrected chi connectivity index (χ4v) is 7.42. The third kappa shape index (κ3) is 7.16. The van der Waals surface area contributed by atoms with Crippen LogP contribution < -0.4 is 0 Å². The third-order valence-electron chi connectivity index (χ3n) is 5.37. The van der Waals surface area contributed by atoms with Gasteiger partial charge in [0.05, 0.1) is 17.8 Å². The summed E-state index contributed by atoms with van der Waals surface area (Å²) < 4.78 is 20.7. The fourth-order valence-electron chi connectivity index (χ4n) is 3.85. The molecule has 8 heteroatoms. The summed E-state index contributed by atoms with van der Waals surface area (Å²) in [6.07, 6.45) is 1.19. The first-order valence-electron chi connectivity index (χ1n) is 11.1. The predicted octanol–water partition coefficient (Wildman–Crippen LogP) is 4.81. The van der Waals surface area contributed by atoms with Crippen LogP contribution >= 0.6 is 6.57 Å². The van der Waals surface area contributed by atoms with Crippen LogP contribution in [0.3, 0.4) is 0 Å². The number of likely N-dealkylation sites (N-methyl/N-ethyl adjacent to an activating group) is 2. The van der Waals surface area contributed by atoms with E-state index in [1.54, 1.807) is 0 Å². The van der Waals surface area contributed by atoms with Crippen molar-refractivity contribution < 1.29 is 9.26 Å². The number of ether oxygens (including phenoxy) is 1. The number of hydrogen-bond donors (Lipinski definition) is 0. The van der Waals surface area contributed by atoms with Gasteiger partial charge in [-0.15, -0.1) is 0 Å². The van der Waals surface area contributed by atoms with Crippen LogP contribution in [0.15, 0.2) is 4.76 Å². The zero-order valence-corrected chi connectivity index (χ0v) is 22.9. The summed E-state index contributed by atoms with van der Waals surface area (Å²) in [4.78, 5) is 4.36. The van der Waals surface area contributed by atoms with Gasteiger partial charge in [0.2, 0.25) is 5.96 Å². The highest BCUT2D eigenvalue weighted by molar-refractivity contribution is 8.10. The second-order valence-corrected chi connectivity index (χ2v) is 15.5. The van der Waals surface area contributed by atoms with E-state index >= 15 is 0 Å². The lowest BCUT2D eigenvalue weighted by Crippen LogP contribution is -2.52. The van der Waals surface area contributed by atoms with Crippen LogP contribution in [0.5, 0.6) is 0 Å². The maximum absolute atomic E-state index is 6.62. The highest BCUT2D eigenvalue weighted by Crippen LogP contribution is 2.58. The topological polar surface area (TPSA) is 40.5 Å². The minimum absolute atomic E-state index is 0.0186. The van der Waals surface area contributed by atoms with Gasteiger partial charge in [-0.3, -0.25) is 0 Å². The summed E-state index contributed by atoms with van der Waals surface area (Å²) in [7, 11) is 4.16. The zero-order valence-electron chi connectivity index (χ0n) is 21.2. The second-order valence-electron chi connectivity index (χ2n) is 12.2. The molecule has 3 atom stereocenters. The molecule has 0 spiro atoms. The van der Waals surface area contributed by atoms with Crippen molar-refractivity contribution in [3.63, 3.8) is 0 Å². The van der Waals surface area contributed by atoms with Crippen molar-refractivity contribution in [3.05, 3.63) is 0 Å². The van der Waals surface area contributed by atoms with Crippen LogP contribution in [0.2, 0.25) is 0 Å². The molecule has 0 aromatic rings. The Balaban J connectivity index is 2.46. The molecule has 0 bridgehead atoms. The molecule has 0 saturated carbocycles. The van der Waals surface area contributed by atoms with Gasteiger partial charge in [-0.05, 0) is 49.8 Å². The fraction of sp³-hybridized carbons (Fsp3) is 0.955. The van der Waals surface area contributed by atoms with Crippen LogP contribution in [0.25, 0.3) is 0 Å². The quantitative estimate of drug-likeness (QED) is 0.561. The van der Waals surface area contributed by atoms with E-state index in [0.717, 1.165) is 38.6 Å². The van der Waals surface area contributed by atoms with Crippen molar-refractivity contribution >= 4 is 24.3 Å². The SMILES string of the molecule is CN1CCN(C)C1=NP(=S)(OC(C)(C)C)N1C[C@@H](CC(C)(C)C)O[C@@H](C(C)(C)C)C1. The number of guanidine groups is 1. The molecule has 0 radical (unpaired) electrons. The molecule has 2 aliphatic rings. The average molecular weight is 461 g/mol. The largest absolute Gasteiger partial charge is 0.372 e. The smallest absolute Gasteiger partial charge is 0.251 e. The van der Waals surface area contributed by atoms with Gasteiger partial charge in [0.1, 0.15) is 0 Å². The summed E-state index contributed by atoms with van der Waals surface area (Å²) in [6.45, 7) is 20.5. The van der Waals surface area contributed by atoms with Crippen LogP contribution in [-0.4, -0.2) is 78.5 Å². The first-order chi connectivity index (χ1) is 13.4. The normalized spacial score (nSPS) is 26.8. The zero-order chi connectivity index (χ0) is 23.1. The molecule has 2 rings (SSSR count). The van der Waals surface area contributed by atoms with Gasteiger partial charge in [-0.1, -0.05) is 41.5 Å². The Morgan fingerprint density at radius 2 is 1.53 bits per heavy atom. The number of hydrogen-bond acceptors (Lipinski definition) is 3. The van der Waals surface area contributed by atoms with E-state index in [2.05, 4.69) is 90.9 Å². The first-order valence-corrected chi connectivity index (χ1v) is 13.8. The van der Waals surface area contributed by atoms with Gasteiger partial charge in [-0.25, -0.2) is 4.67 Å². The van der Waals surface area contributed by atoms with Gasteiger partial charge in [0, 0.05) is 40.3 Å². The van der Waals surface area contributed by atoms with E-state index in [-0.39, 0.29) is 28.6 Å². The van der Waals surface area contributed by atoms with Gasteiger partial charge in [-0.2, -0.15) is 4.76 Å². The van der Waals surface area contributed by atoms with Gasteiger partial charge in [0.25, 0.3) is 6.57 Å². The molecule has 0 amide bonds. The van der Waals surface area contributed by atoms with Crippen LogP contribution in [0.1, 0.15) is 68.7 Å². The molecule has 0 aliphatic carbocycles.